The molecule has 8 heteroatoms. The predicted octanol–water partition coefficient (Wildman–Crippen LogP) is -4.34. The summed E-state index contributed by atoms with van der Waals surface area (Å²) in [6.45, 7) is 0. The van der Waals surface area contributed by atoms with Gasteiger partial charge in [0, 0.05) is 10.4 Å². The van der Waals surface area contributed by atoms with Crippen LogP contribution in [0.4, 0.5) is 0 Å². The summed E-state index contributed by atoms with van der Waals surface area (Å²) in [5.74, 6) is 0. The van der Waals surface area contributed by atoms with Crippen LogP contribution in [0.15, 0.2) is 0 Å². The minimum absolute atomic E-state index is 0. The Labute approximate surface area is 80.2 Å². The summed E-state index contributed by atoms with van der Waals surface area (Å²) in [5, 5.41) is 0. The maximum atomic E-state index is 8.52. The van der Waals surface area contributed by atoms with E-state index < -0.39 is 10.4 Å². The van der Waals surface area contributed by atoms with Crippen molar-refractivity contribution < 1.29 is 70.2 Å². The van der Waals surface area contributed by atoms with Crippen molar-refractivity contribution >= 4 is 10.4 Å². The van der Waals surface area contributed by atoms with E-state index in [2.05, 4.69) is 0 Å². The zero-order chi connectivity index (χ0) is 4.50. The molecule has 0 fully saturated rings. The average molecular weight is 217 g/mol. The maximum Gasteiger partial charge on any atom is 2.00 e. The van der Waals surface area contributed by atoms with Crippen LogP contribution in [0.5, 0.6) is 0 Å². The molecule has 0 aromatic rings. The summed E-state index contributed by atoms with van der Waals surface area (Å²) in [7, 11) is -5.17. The molecular formula is CoLiMnO4S+3. The van der Waals surface area contributed by atoms with Crippen molar-refractivity contribution in [1.29, 1.82) is 0 Å². The molecule has 0 aromatic heterocycles. The van der Waals surface area contributed by atoms with Gasteiger partial charge >= 0.3 is 52.7 Å². The molecule has 0 aliphatic carbocycles. The quantitative estimate of drug-likeness (QED) is 0.233. The van der Waals surface area contributed by atoms with Crippen molar-refractivity contribution in [2.45, 2.75) is 0 Å². The molecule has 8 heavy (non-hydrogen) atoms. The van der Waals surface area contributed by atoms with E-state index in [1.54, 1.807) is 0 Å². The fraction of sp³-hybridized carbons (Fsp3) is 0. The molecule has 0 N–H and O–H groups in total. The molecule has 0 aliphatic rings. The van der Waals surface area contributed by atoms with Gasteiger partial charge < -0.3 is 9.11 Å². The third-order valence-corrected chi connectivity index (χ3v) is 0. The topological polar surface area (TPSA) is 80.3 Å². The van der Waals surface area contributed by atoms with Crippen molar-refractivity contribution in [3.8, 4) is 0 Å². The molecule has 0 aromatic carbocycles. The Kier molecular flexibility index (Phi) is 24.1. The fourth-order valence-corrected chi connectivity index (χ4v) is 0. The Morgan fingerprint density at radius 2 is 1.12 bits per heavy atom. The third kappa shape index (κ3) is 142. The van der Waals surface area contributed by atoms with Gasteiger partial charge in [-0.1, -0.05) is 0 Å². The van der Waals surface area contributed by atoms with Crippen molar-refractivity contribution in [2.24, 2.45) is 0 Å². The molecule has 4 nitrogen and oxygen atoms in total. The van der Waals surface area contributed by atoms with Gasteiger partial charge in [-0.25, -0.2) is 0 Å². The van der Waals surface area contributed by atoms with Crippen LogP contribution in [0.25, 0.3) is 0 Å². The Hall–Kier alpha value is 1.49. The molecule has 0 aliphatic heterocycles. The second kappa shape index (κ2) is 8.49. The Morgan fingerprint density at radius 3 is 1.12 bits per heavy atom. The first-order valence-electron chi connectivity index (χ1n) is 0.667. The molecule has 0 saturated heterocycles. The second-order valence-electron chi connectivity index (χ2n) is 0.408. The Bertz CT molecular complexity index is 99.2. The van der Waals surface area contributed by atoms with Gasteiger partial charge in [0.05, 0.1) is 0 Å². The predicted molar refractivity (Wildman–Crippen MR) is 10.5 cm³/mol. The first kappa shape index (κ1) is 22.7. The van der Waals surface area contributed by atoms with E-state index in [1.807, 2.05) is 0 Å². The van der Waals surface area contributed by atoms with Gasteiger partial charge in [-0.15, -0.1) is 0 Å². The van der Waals surface area contributed by atoms with E-state index in [9.17, 15) is 0 Å². The second-order valence-corrected chi connectivity index (χ2v) is 1.22. The minimum atomic E-state index is -5.17. The molecule has 0 amide bonds. The molecule has 0 saturated carbocycles. The van der Waals surface area contributed by atoms with Crippen LogP contribution in [0.1, 0.15) is 0 Å². The smallest absolute Gasteiger partial charge is 0.759 e. The molecule has 0 spiro atoms. The van der Waals surface area contributed by atoms with Crippen LogP contribution in [-0.2, 0) is 44.2 Å². The van der Waals surface area contributed by atoms with E-state index in [0.717, 1.165) is 0 Å². The zero-order valence-electron chi connectivity index (χ0n) is 3.75. The summed E-state index contributed by atoms with van der Waals surface area (Å²) in [4.78, 5) is 0. The van der Waals surface area contributed by atoms with Crippen LogP contribution < -0.4 is 18.9 Å². The minimum Gasteiger partial charge on any atom is -0.759 e. The zero-order valence-corrected chi connectivity index (χ0v) is 6.79. The van der Waals surface area contributed by atoms with Gasteiger partial charge in [-0.2, -0.15) is 0 Å². The normalized spacial score (nSPS) is 7.25. The number of hydrogen-bond acceptors (Lipinski definition) is 4. The molecule has 44 valence electrons. The first-order valence-corrected chi connectivity index (χ1v) is 2.00. The van der Waals surface area contributed by atoms with Crippen LogP contribution >= 0.6 is 0 Å². The summed E-state index contributed by atoms with van der Waals surface area (Å²) in [6, 6.07) is 0. The SMILES string of the molecule is O=S(=O)([O-])[O-].[Co+2].[Li+].[Mn+2]. The van der Waals surface area contributed by atoms with Crippen molar-refractivity contribution in [1.82, 2.24) is 0 Å². The molecule has 0 bridgehead atoms. The van der Waals surface area contributed by atoms with Gasteiger partial charge in [0.25, 0.3) is 0 Å². The molecule has 0 rings (SSSR count). The van der Waals surface area contributed by atoms with Crippen molar-refractivity contribution in [2.75, 3.05) is 0 Å². The first-order chi connectivity index (χ1) is 2.00. The molecular weight excluding hydrogens is 217 g/mol. The third-order valence-electron chi connectivity index (χ3n) is 0. The maximum absolute atomic E-state index is 8.52. The number of hydrogen-bond donors (Lipinski definition) is 0. The molecule has 0 unspecified atom stereocenters. The molecule has 0 atom stereocenters. The van der Waals surface area contributed by atoms with Crippen LogP contribution in [0.2, 0.25) is 0 Å². The van der Waals surface area contributed by atoms with Crippen molar-refractivity contribution in [3.05, 3.63) is 0 Å². The summed E-state index contributed by atoms with van der Waals surface area (Å²) in [6.07, 6.45) is 0. The summed E-state index contributed by atoms with van der Waals surface area (Å²) < 4.78 is 34.1. The van der Waals surface area contributed by atoms with E-state index in [4.69, 9.17) is 17.5 Å². The molecule has 0 heterocycles. The van der Waals surface area contributed by atoms with E-state index >= 15 is 0 Å². The van der Waals surface area contributed by atoms with Gasteiger partial charge in [0.1, 0.15) is 0 Å². The van der Waals surface area contributed by atoms with Gasteiger partial charge in [0.2, 0.25) is 0 Å². The van der Waals surface area contributed by atoms with Crippen LogP contribution in [-0.4, -0.2) is 17.5 Å². The Morgan fingerprint density at radius 1 is 1.12 bits per heavy atom. The van der Waals surface area contributed by atoms with E-state index in [-0.39, 0.29) is 52.7 Å². The van der Waals surface area contributed by atoms with Crippen LogP contribution in [0.3, 0.4) is 0 Å². The van der Waals surface area contributed by atoms with E-state index in [1.165, 1.54) is 0 Å². The fourth-order valence-electron chi connectivity index (χ4n) is 0. The van der Waals surface area contributed by atoms with Gasteiger partial charge in [-0.3, -0.25) is 8.42 Å². The largest absolute Gasteiger partial charge is 2.00 e. The van der Waals surface area contributed by atoms with Crippen molar-refractivity contribution in [3.63, 3.8) is 0 Å². The van der Waals surface area contributed by atoms with E-state index in [0.29, 0.717) is 0 Å². The monoisotopic (exact) mass is 217 g/mol. The van der Waals surface area contributed by atoms with Gasteiger partial charge in [0.15, 0.2) is 0 Å². The summed E-state index contributed by atoms with van der Waals surface area (Å²) >= 11 is 0. The van der Waals surface area contributed by atoms with Gasteiger partial charge in [-0.05, 0) is 0 Å². The number of rotatable bonds is 0. The summed E-state index contributed by atoms with van der Waals surface area (Å²) in [5.41, 5.74) is 0. The average Bonchev–Trinajstić information content (AvgIpc) is 0.722. The molecule has 2 radical (unpaired) electrons. The Balaban J connectivity index is -0.0000000267. The van der Waals surface area contributed by atoms with Crippen LogP contribution in [0, 0.1) is 0 Å². The standard InChI is InChI=1S/Co.Li.Mn.H2O4S/c;;;1-5(2,3)4/h;;;(H2,1,2,3,4)/q+2;+1;+2;/p-2.